The molecule has 0 fully saturated rings. The number of rotatable bonds is 7. The molecule has 27 heavy (non-hydrogen) atoms. The Bertz CT molecular complexity index is 811. The fraction of sp³-hybridized carbons (Fsp3) is 0.300. The molecule has 0 aliphatic heterocycles. The third-order valence-corrected chi connectivity index (χ3v) is 5.00. The number of nitrogens with one attached hydrogen (secondary N) is 1. The number of benzene rings is 2. The molecule has 2 rings (SSSR count). The van der Waals surface area contributed by atoms with Gasteiger partial charge in [0.2, 0.25) is 11.8 Å². The van der Waals surface area contributed by atoms with Gasteiger partial charge in [-0.3, -0.25) is 9.59 Å². The molecule has 0 spiro atoms. The second-order valence-corrected chi connectivity index (χ2v) is 7.42. The Balaban J connectivity index is 2.30. The van der Waals surface area contributed by atoms with Crippen LogP contribution >= 0.6 is 27.5 Å². The zero-order valence-electron chi connectivity index (χ0n) is 15.1. The summed E-state index contributed by atoms with van der Waals surface area (Å²) in [4.78, 5) is 26.7. The van der Waals surface area contributed by atoms with Crippen molar-refractivity contribution in [3.63, 3.8) is 0 Å². The lowest BCUT2D eigenvalue weighted by Gasteiger charge is -2.29. The van der Waals surface area contributed by atoms with Gasteiger partial charge in [0.05, 0.1) is 6.42 Å². The molecule has 0 bridgehead atoms. The summed E-state index contributed by atoms with van der Waals surface area (Å²) in [5, 5.41) is 2.91. The fourth-order valence-electron chi connectivity index (χ4n) is 2.69. The molecule has 0 saturated heterocycles. The van der Waals surface area contributed by atoms with E-state index < -0.39 is 11.9 Å². The minimum Gasteiger partial charge on any atom is -0.355 e. The number of likely N-dealkylation sites (N-methyl/N-ethyl adjacent to an activating group) is 1. The van der Waals surface area contributed by atoms with Crippen molar-refractivity contribution in [3.8, 4) is 0 Å². The van der Waals surface area contributed by atoms with Gasteiger partial charge in [0.25, 0.3) is 0 Å². The normalized spacial score (nSPS) is 11.7. The van der Waals surface area contributed by atoms with Crippen molar-refractivity contribution in [2.24, 2.45) is 0 Å². The van der Waals surface area contributed by atoms with E-state index in [2.05, 4.69) is 21.2 Å². The van der Waals surface area contributed by atoms with Crippen LogP contribution in [0.25, 0.3) is 0 Å². The first-order valence-corrected chi connectivity index (χ1v) is 9.75. The van der Waals surface area contributed by atoms with Crippen molar-refractivity contribution in [3.05, 3.63) is 68.9 Å². The second kappa shape index (κ2) is 9.85. The van der Waals surface area contributed by atoms with E-state index in [1.54, 1.807) is 13.0 Å². The van der Waals surface area contributed by atoms with Crippen LogP contribution in [0, 0.1) is 5.82 Å². The van der Waals surface area contributed by atoms with Crippen molar-refractivity contribution >= 4 is 39.3 Å². The van der Waals surface area contributed by atoms with Crippen LogP contribution in [0.4, 0.5) is 4.39 Å². The minimum absolute atomic E-state index is 0.131. The highest BCUT2D eigenvalue weighted by Gasteiger charge is 2.27. The van der Waals surface area contributed by atoms with Crippen LogP contribution in [-0.4, -0.2) is 29.3 Å². The van der Waals surface area contributed by atoms with E-state index in [0.29, 0.717) is 6.54 Å². The fourth-order valence-corrected chi connectivity index (χ4v) is 3.37. The van der Waals surface area contributed by atoms with Gasteiger partial charge in [-0.05, 0) is 43.7 Å². The van der Waals surface area contributed by atoms with Crippen LogP contribution in [0.5, 0.6) is 0 Å². The number of hydrogen-bond acceptors (Lipinski definition) is 2. The molecule has 2 aromatic rings. The average molecular weight is 456 g/mol. The molecular formula is C20H21BrClFN2O2. The highest BCUT2D eigenvalue weighted by atomic mass is 79.9. The molecular weight excluding hydrogens is 435 g/mol. The van der Waals surface area contributed by atoms with Gasteiger partial charge in [-0.1, -0.05) is 45.7 Å². The van der Waals surface area contributed by atoms with Gasteiger partial charge in [-0.15, -0.1) is 0 Å². The van der Waals surface area contributed by atoms with Gasteiger partial charge in [0.15, 0.2) is 0 Å². The maximum Gasteiger partial charge on any atom is 0.242 e. The third-order valence-electron chi connectivity index (χ3n) is 4.15. The van der Waals surface area contributed by atoms with Gasteiger partial charge >= 0.3 is 0 Å². The first kappa shape index (κ1) is 21.4. The molecule has 1 atom stereocenters. The van der Waals surface area contributed by atoms with Crippen LogP contribution < -0.4 is 5.32 Å². The Kier molecular flexibility index (Phi) is 7.80. The van der Waals surface area contributed by atoms with E-state index in [1.165, 1.54) is 17.0 Å². The van der Waals surface area contributed by atoms with E-state index in [1.807, 2.05) is 31.2 Å². The number of hydrogen-bond donors (Lipinski definition) is 1. The van der Waals surface area contributed by atoms with Crippen molar-refractivity contribution in [1.29, 1.82) is 0 Å². The molecule has 0 saturated carbocycles. The van der Waals surface area contributed by atoms with Crippen molar-refractivity contribution in [2.75, 3.05) is 6.54 Å². The minimum atomic E-state index is -0.706. The zero-order valence-corrected chi connectivity index (χ0v) is 17.5. The van der Waals surface area contributed by atoms with Crippen LogP contribution in [0.3, 0.4) is 0 Å². The van der Waals surface area contributed by atoms with Crippen LogP contribution in [0.1, 0.15) is 25.0 Å². The lowest BCUT2D eigenvalue weighted by molar-refractivity contribution is -0.140. The van der Waals surface area contributed by atoms with Gasteiger partial charge in [0, 0.05) is 28.1 Å². The zero-order chi connectivity index (χ0) is 20.0. The summed E-state index contributed by atoms with van der Waals surface area (Å²) < 4.78 is 15.0. The molecule has 0 unspecified atom stereocenters. The van der Waals surface area contributed by atoms with Crippen LogP contribution in [-0.2, 0) is 22.6 Å². The molecule has 0 aliphatic rings. The van der Waals surface area contributed by atoms with E-state index in [4.69, 9.17) is 11.6 Å². The lowest BCUT2D eigenvalue weighted by Crippen LogP contribution is -2.48. The smallest absolute Gasteiger partial charge is 0.242 e. The summed E-state index contributed by atoms with van der Waals surface area (Å²) in [5.74, 6) is -1.18. The molecule has 1 N–H and O–H groups in total. The van der Waals surface area contributed by atoms with Gasteiger partial charge in [-0.2, -0.15) is 0 Å². The molecule has 0 radical (unpaired) electrons. The second-order valence-electron chi connectivity index (χ2n) is 6.10. The molecule has 0 aromatic heterocycles. The summed E-state index contributed by atoms with van der Waals surface area (Å²) in [6, 6.07) is 11.1. The molecule has 2 amide bonds. The highest BCUT2D eigenvalue weighted by Crippen LogP contribution is 2.22. The summed E-state index contributed by atoms with van der Waals surface area (Å²) in [7, 11) is 0. The predicted octanol–water partition coefficient (Wildman–Crippen LogP) is 4.34. The van der Waals surface area contributed by atoms with Crippen LogP contribution in [0.2, 0.25) is 5.02 Å². The monoisotopic (exact) mass is 454 g/mol. The summed E-state index contributed by atoms with van der Waals surface area (Å²) in [5.41, 5.74) is 0.986. The summed E-state index contributed by atoms with van der Waals surface area (Å²) in [6.45, 7) is 4.15. The standard InChI is InChI=1S/C20H21BrClFN2O2/c1-3-24-20(27)13(2)25(12-14-6-4-7-15(21)10-14)19(26)11-16-17(22)8-5-9-18(16)23/h4-10,13H,3,11-12H2,1-2H3,(H,24,27)/t13-/m0/s1. The van der Waals surface area contributed by atoms with E-state index in [-0.39, 0.29) is 35.4 Å². The quantitative estimate of drug-likeness (QED) is 0.675. The van der Waals surface area contributed by atoms with E-state index in [9.17, 15) is 14.0 Å². The summed E-state index contributed by atoms with van der Waals surface area (Å²) >= 11 is 9.46. The lowest BCUT2D eigenvalue weighted by atomic mass is 10.1. The Morgan fingerprint density at radius 1 is 1.26 bits per heavy atom. The van der Waals surface area contributed by atoms with E-state index >= 15 is 0 Å². The number of halogens is 3. The molecule has 2 aromatic carbocycles. The maximum absolute atomic E-state index is 14.1. The van der Waals surface area contributed by atoms with Crippen molar-refractivity contribution in [1.82, 2.24) is 10.2 Å². The molecule has 7 heteroatoms. The summed E-state index contributed by atoms with van der Waals surface area (Å²) in [6.07, 6.45) is -0.219. The SMILES string of the molecule is CCNC(=O)[C@H](C)N(Cc1cccc(Br)c1)C(=O)Cc1c(F)cccc1Cl. The number of amides is 2. The maximum atomic E-state index is 14.1. The molecule has 4 nitrogen and oxygen atoms in total. The highest BCUT2D eigenvalue weighted by molar-refractivity contribution is 9.10. The number of carbonyl (C=O) groups is 2. The first-order valence-electron chi connectivity index (χ1n) is 8.58. The molecule has 144 valence electrons. The van der Waals surface area contributed by atoms with Crippen LogP contribution in [0.15, 0.2) is 46.9 Å². The van der Waals surface area contributed by atoms with Crippen molar-refractivity contribution in [2.45, 2.75) is 32.9 Å². The Labute approximate surface area is 171 Å². The molecule has 0 aliphatic carbocycles. The Morgan fingerprint density at radius 2 is 1.96 bits per heavy atom. The largest absolute Gasteiger partial charge is 0.355 e. The van der Waals surface area contributed by atoms with Gasteiger partial charge in [0.1, 0.15) is 11.9 Å². The van der Waals surface area contributed by atoms with Gasteiger partial charge in [-0.25, -0.2) is 4.39 Å². The molecule has 0 heterocycles. The Hall–Kier alpha value is -1.92. The van der Waals surface area contributed by atoms with Crippen molar-refractivity contribution < 1.29 is 14.0 Å². The third kappa shape index (κ3) is 5.78. The van der Waals surface area contributed by atoms with Gasteiger partial charge < -0.3 is 10.2 Å². The average Bonchev–Trinajstić information content (AvgIpc) is 2.62. The topological polar surface area (TPSA) is 49.4 Å². The predicted molar refractivity (Wildman–Crippen MR) is 108 cm³/mol. The number of carbonyl (C=O) groups excluding carboxylic acids is 2. The van der Waals surface area contributed by atoms with E-state index in [0.717, 1.165) is 10.0 Å². The Morgan fingerprint density at radius 3 is 2.59 bits per heavy atom. The first-order chi connectivity index (χ1) is 12.8. The number of nitrogens with zero attached hydrogens (tertiary/aromatic N) is 1.